The molecule has 0 radical (unpaired) electrons. The first kappa shape index (κ1) is 14.6. The molecule has 1 aromatic carbocycles. The summed E-state index contributed by atoms with van der Waals surface area (Å²) in [4.78, 5) is 0. The maximum Gasteiger partial charge on any atom is 0.0820 e. The van der Waals surface area contributed by atoms with Gasteiger partial charge in [-0.1, -0.05) is 34.8 Å². The van der Waals surface area contributed by atoms with Crippen LogP contribution in [0.4, 0.5) is 0 Å². The Kier molecular flexibility index (Phi) is 4.21. The molecule has 2 fully saturated rings. The Balaban J connectivity index is 1.77. The summed E-state index contributed by atoms with van der Waals surface area (Å²) < 4.78 is 7.12. The van der Waals surface area contributed by atoms with Gasteiger partial charge in [-0.25, -0.2) is 0 Å². The molecule has 1 heterocycles. The number of aliphatic hydroxyl groups excluding tert-OH is 1. The lowest BCUT2D eigenvalue weighted by atomic mass is 9.79. The van der Waals surface area contributed by atoms with E-state index in [2.05, 4.69) is 41.1 Å². The smallest absolute Gasteiger partial charge is 0.0820 e. The van der Waals surface area contributed by atoms with Crippen molar-refractivity contribution in [3.05, 3.63) is 33.8 Å². The zero-order valence-corrected chi connectivity index (χ0v) is 13.7. The van der Waals surface area contributed by atoms with Crippen LogP contribution in [0.5, 0.6) is 0 Å². The number of aliphatic hydroxyl groups is 1. The highest BCUT2D eigenvalue weighted by Crippen LogP contribution is 2.45. The molecule has 1 saturated heterocycles. The van der Waals surface area contributed by atoms with Crippen LogP contribution in [0.1, 0.15) is 55.8 Å². The second-order valence-corrected chi connectivity index (χ2v) is 7.41. The van der Waals surface area contributed by atoms with Crippen LogP contribution in [0.3, 0.4) is 0 Å². The van der Waals surface area contributed by atoms with Crippen LogP contribution in [0.15, 0.2) is 22.7 Å². The molecular weight excluding hydrogens is 316 g/mol. The average molecular weight is 339 g/mol. The van der Waals surface area contributed by atoms with E-state index in [1.165, 1.54) is 31.2 Å². The number of rotatable bonds is 2. The van der Waals surface area contributed by atoms with Gasteiger partial charge in [0.2, 0.25) is 0 Å². The van der Waals surface area contributed by atoms with Gasteiger partial charge in [-0.2, -0.15) is 0 Å². The maximum atomic E-state index is 10.8. The van der Waals surface area contributed by atoms with Gasteiger partial charge < -0.3 is 9.84 Å². The van der Waals surface area contributed by atoms with Crippen molar-refractivity contribution < 1.29 is 9.84 Å². The lowest BCUT2D eigenvalue weighted by molar-refractivity contribution is -0.113. The fourth-order valence-corrected chi connectivity index (χ4v) is 4.54. The number of aryl methyl sites for hydroxylation is 1. The van der Waals surface area contributed by atoms with Crippen molar-refractivity contribution in [2.45, 2.75) is 57.2 Å². The van der Waals surface area contributed by atoms with E-state index in [9.17, 15) is 5.11 Å². The molecule has 2 aliphatic rings. The van der Waals surface area contributed by atoms with Crippen molar-refractivity contribution in [2.24, 2.45) is 5.92 Å². The summed E-state index contributed by atoms with van der Waals surface area (Å²) in [5, 5.41) is 10.8. The Morgan fingerprint density at radius 1 is 1.30 bits per heavy atom. The van der Waals surface area contributed by atoms with E-state index in [4.69, 9.17) is 4.74 Å². The summed E-state index contributed by atoms with van der Waals surface area (Å²) >= 11 is 3.53. The summed E-state index contributed by atoms with van der Waals surface area (Å²) in [5.41, 5.74) is 2.30. The van der Waals surface area contributed by atoms with Gasteiger partial charge in [-0.05, 0) is 61.8 Å². The molecule has 3 rings (SSSR count). The van der Waals surface area contributed by atoms with Crippen LogP contribution in [-0.4, -0.2) is 17.3 Å². The van der Waals surface area contributed by atoms with Crippen molar-refractivity contribution in [3.63, 3.8) is 0 Å². The molecule has 1 aliphatic heterocycles. The first-order valence-corrected chi connectivity index (χ1v) is 8.46. The Morgan fingerprint density at radius 3 is 2.75 bits per heavy atom. The first-order valence-electron chi connectivity index (χ1n) is 7.67. The highest BCUT2D eigenvalue weighted by molar-refractivity contribution is 9.10. The fraction of sp³-hybridized carbons (Fsp3) is 0.647. The van der Waals surface area contributed by atoms with Gasteiger partial charge >= 0.3 is 0 Å². The van der Waals surface area contributed by atoms with Crippen molar-refractivity contribution in [1.82, 2.24) is 0 Å². The van der Waals surface area contributed by atoms with E-state index in [1.54, 1.807) is 0 Å². The Hall–Kier alpha value is -0.380. The van der Waals surface area contributed by atoms with Crippen LogP contribution >= 0.6 is 15.9 Å². The minimum absolute atomic E-state index is 0.0744. The van der Waals surface area contributed by atoms with Gasteiger partial charge in [0.15, 0.2) is 0 Å². The van der Waals surface area contributed by atoms with Gasteiger partial charge in [0.05, 0.1) is 11.7 Å². The molecule has 0 amide bonds. The zero-order valence-electron chi connectivity index (χ0n) is 12.1. The largest absolute Gasteiger partial charge is 0.388 e. The number of halogens is 1. The molecule has 1 aromatic rings. The van der Waals surface area contributed by atoms with E-state index < -0.39 is 0 Å². The van der Waals surface area contributed by atoms with Crippen LogP contribution < -0.4 is 0 Å². The Labute approximate surface area is 129 Å². The van der Waals surface area contributed by atoms with Crippen LogP contribution in [0.2, 0.25) is 0 Å². The molecule has 20 heavy (non-hydrogen) atoms. The van der Waals surface area contributed by atoms with Crippen LogP contribution in [-0.2, 0) is 4.74 Å². The summed E-state index contributed by atoms with van der Waals surface area (Å²) in [7, 11) is 0. The topological polar surface area (TPSA) is 29.5 Å². The third-order valence-electron chi connectivity index (χ3n) is 4.90. The van der Waals surface area contributed by atoms with Gasteiger partial charge in [0, 0.05) is 11.1 Å². The second kappa shape index (κ2) is 5.78. The lowest BCUT2D eigenvalue weighted by Crippen LogP contribution is -2.39. The Bertz CT molecular complexity index is 460. The van der Waals surface area contributed by atoms with Crippen LogP contribution in [0, 0.1) is 12.8 Å². The minimum Gasteiger partial charge on any atom is -0.388 e. The quantitative estimate of drug-likeness (QED) is 0.858. The number of hydrogen-bond donors (Lipinski definition) is 1. The van der Waals surface area contributed by atoms with Gasteiger partial charge in [0.1, 0.15) is 0 Å². The highest BCUT2D eigenvalue weighted by atomic mass is 79.9. The standard InChI is InChI=1S/C17H23BrO2/c1-12-8-14(10-15(18)9-12)16(19)13-4-7-20-17(11-13)5-2-3-6-17/h8-10,13,16,19H,2-7,11H2,1H3. The molecule has 110 valence electrons. The van der Waals surface area contributed by atoms with E-state index >= 15 is 0 Å². The van der Waals surface area contributed by atoms with Gasteiger partial charge in [0.25, 0.3) is 0 Å². The molecule has 1 aliphatic carbocycles. The molecule has 0 bridgehead atoms. The molecule has 1 spiro atoms. The second-order valence-electron chi connectivity index (χ2n) is 6.50. The van der Waals surface area contributed by atoms with Crippen molar-refractivity contribution in [2.75, 3.05) is 6.61 Å². The number of benzene rings is 1. The molecule has 0 aromatic heterocycles. The predicted octanol–water partition coefficient (Wildman–Crippen LogP) is 4.53. The highest BCUT2D eigenvalue weighted by Gasteiger charge is 2.41. The summed E-state index contributed by atoms with van der Waals surface area (Å²) in [5.74, 6) is 0.329. The molecule has 1 saturated carbocycles. The third-order valence-corrected chi connectivity index (χ3v) is 5.36. The van der Waals surface area contributed by atoms with Crippen molar-refractivity contribution in [3.8, 4) is 0 Å². The Morgan fingerprint density at radius 2 is 2.05 bits per heavy atom. The molecule has 3 heteroatoms. The van der Waals surface area contributed by atoms with Gasteiger partial charge in [-0.15, -0.1) is 0 Å². The maximum absolute atomic E-state index is 10.8. The SMILES string of the molecule is Cc1cc(Br)cc(C(O)C2CCOC3(CCCC3)C2)c1. The lowest BCUT2D eigenvalue weighted by Gasteiger charge is -2.40. The monoisotopic (exact) mass is 338 g/mol. The van der Waals surface area contributed by atoms with Gasteiger partial charge in [-0.3, -0.25) is 0 Å². The summed E-state index contributed by atoms with van der Waals surface area (Å²) in [6.45, 7) is 2.87. The van der Waals surface area contributed by atoms with Crippen LogP contribution in [0.25, 0.3) is 0 Å². The molecule has 1 N–H and O–H groups in total. The molecule has 2 atom stereocenters. The minimum atomic E-state index is -0.368. The zero-order chi connectivity index (χ0) is 14.2. The van der Waals surface area contributed by atoms with Crippen molar-refractivity contribution in [1.29, 1.82) is 0 Å². The molecule has 2 nitrogen and oxygen atoms in total. The average Bonchev–Trinajstić information content (AvgIpc) is 2.85. The molecule has 2 unspecified atom stereocenters. The number of hydrogen-bond acceptors (Lipinski definition) is 2. The fourth-order valence-electron chi connectivity index (χ4n) is 3.91. The van der Waals surface area contributed by atoms with E-state index in [0.717, 1.165) is 29.5 Å². The summed E-state index contributed by atoms with van der Waals surface area (Å²) in [6, 6.07) is 6.24. The normalized spacial score (nSPS) is 26.9. The first-order chi connectivity index (χ1) is 9.58. The van der Waals surface area contributed by atoms with E-state index in [-0.39, 0.29) is 11.7 Å². The number of ether oxygens (including phenoxy) is 1. The summed E-state index contributed by atoms with van der Waals surface area (Å²) in [6.07, 6.45) is 6.51. The third kappa shape index (κ3) is 2.95. The van der Waals surface area contributed by atoms with E-state index in [0.29, 0.717) is 5.92 Å². The predicted molar refractivity (Wildman–Crippen MR) is 83.7 cm³/mol. The molecular formula is C17H23BrO2. The van der Waals surface area contributed by atoms with Crippen molar-refractivity contribution >= 4 is 15.9 Å². The van der Waals surface area contributed by atoms with E-state index in [1.807, 2.05) is 0 Å².